The van der Waals surface area contributed by atoms with Crippen molar-refractivity contribution in [3.63, 3.8) is 0 Å². The molecule has 0 aromatic heterocycles. The standard InChI is InChI=1S/C18H36/c1-6-15(4)10-11-17-9-7-8-16(5)18(13-17)12-14(2)3/h14-18H,6-13H2,1-5H3. The zero-order chi connectivity index (χ0) is 13.5. The van der Waals surface area contributed by atoms with Crippen molar-refractivity contribution in [3.8, 4) is 0 Å². The minimum absolute atomic E-state index is 0.880. The highest BCUT2D eigenvalue weighted by atomic mass is 14.3. The fourth-order valence-electron chi connectivity index (χ4n) is 3.66. The molecule has 1 saturated carbocycles. The van der Waals surface area contributed by atoms with Crippen molar-refractivity contribution < 1.29 is 0 Å². The molecule has 0 aromatic carbocycles. The minimum atomic E-state index is 0.880. The van der Waals surface area contributed by atoms with Gasteiger partial charge in [0.1, 0.15) is 0 Å². The number of hydrogen-bond donors (Lipinski definition) is 0. The van der Waals surface area contributed by atoms with Crippen LogP contribution in [-0.4, -0.2) is 0 Å². The van der Waals surface area contributed by atoms with E-state index < -0.39 is 0 Å². The molecule has 1 aliphatic carbocycles. The van der Waals surface area contributed by atoms with E-state index in [-0.39, 0.29) is 0 Å². The molecule has 108 valence electrons. The molecule has 0 aromatic rings. The highest BCUT2D eigenvalue weighted by Gasteiger charge is 2.26. The minimum Gasteiger partial charge on any atom is -0.0651 e. The van der Waals surface area contributed by atoms with Crippen LogP contribution in [0.2, 0.25) is 0 Å². The Morgan fingerprint density at radius 2 is 1.83 bits per heavy atom. The first-order valence-electron chi connectivity index (χ1n) is 8.52. The molecule has 0 saturated heterocycles. The maximum Gasteiger partial charge on any atom is -0.0383 e. The zero-order valence-corrected chi connectivity index (χ0v) is 13.5. The lowest BCUT2D eigenvalue weighted by atomic mass is 9.80. The molecule has 0 heteroatoms. The van der Waals surface area contributed by atoms with Gasteiger partial charge >= 0.3 is 0 Å². The van der Waals surface area contributed by atoms with Crippen molar-refractivity contribution in [1.29, 1.82) is 0 Å². The third-order valence-corrected chi connectivity index (χ3v) is 5.25. The van der Waals surface area contributed by atoms with Gasteiger partial charge in [0, 0.05) is 0 Å². The maximum atomic E-state index is 2.50. The van der Waals surface area contributed by atoms with Crippen molar-refractivity contribution in [2.75, 3.05) is 0 Å². The quantitative estimate of drug-likeness (QED) is 0.486. The van der Waals surface area contributed by atoms with Gasteiger partial charge in [0.05, 0.1) is 0 Å². The fraction of sp³-hybridized carbons (Fsp3) is 1.00. The van der Waals surface area contributed by atoms with Gasteiger partial charge in [0.15, 0.2) is 0 Å². The van der Waals surface area contributed by atoms with Crippen LogP contribution in [0.15, 0.2) is 0 Å². The molecular weight excluding hydrogens is 216 g/mol. The summed E-state index contributed by atoms with van der Waals surface area (Å²) in [5, 5.41) is 0. The lowest BCUT2D eigenvalue weighted by Gasteiger charge is -2.26. The third-order valence-electron chi connectivity index (χ3n) is 5.25. The van der Waals surface area contributed by atoms with Crippen LogP contribution in [0, 0.1) is 29.6 Å². The average Bonchev–Trinajstić information content (AvgIpc) is 2.48. The van der Waals surface area contributed by atoms with Crippen molar-refractivity contribution in [1.82, 2.24) is 0 Å². The molecule has 0 bridgehead atoms. The average molecular weight is 252 g/mol. The molecule has 1 aliphatic rings. The number of rotatable bonds is 6. The topological polar surface area (TPSA) is 0 Å². The molecule has 4 unspecified atom stereocenters. The van der Waals surface area contributed by atoms with Crippen LogP contribution in [0.25, 0.3) is 0 Å². The summed E-state index contributed by atoms with van der Waals surface area (Å²) in [5.74, 6) is 4.84. The highest BCUT2D eigenvalue weighted by Crippen LogP contribution is 2.37. The van der Waals surface area contributed by atoms with Crippen molar-refractivity contribution >= 4 is 0 Å². The van der Waals surface area contributed by atoms with Crippen LogP contribution in [0.3, 0.4) is 0 Å². The summed E-state index contributed by atoms with van der Waals surface area (Å²) in [6.07, 6.45) is 11.8. The Kier molecular flexibility index (Phi) is 7.34. The summed E-state index contributed by atoms with van der Waals surface area (Å²) in [6.45, 7) is 12.0. The van der Waals surface area contributed by atoms with E-state index in [2.05, 4.69) is 34.6 Å². The SMILES string of the molecule is CCC(C)CCC1CCCC(C)C(CC(C)C)C1. The second-order valence-electron chi connectivity index (χ2n) is 7.49. The van der Waals surface area contributed by atoms with E-state index in [0.29, 0.717) is 0 Å². The second kappa shape index (κ2) is 8.23. The lowest BCUT2D eigenvalue weighted by Crippen LogP contribution is -2.15. The van der Waals surface area contributed by atoms with Crippen LogP contribution in [0.4, 0.5) is 0 Å². The largest absolute Gasteiger partial charge is 0.0651 e. The van der Waals surface area contributed by atoms with E-state index in [4.69, 9.17) is 0 Å². The summed E-state index contributed by atoms with van der Waals surface area (Å²) in [4.78, 5) is 0. The first kappa shape index (κ1) is 16.1. The summed E-state index contributed by atoms with van der Waals surface area (Å²) >= 11 is 0. The van der Waals surface area contributed by atoms with Crippen LogP contribution in [-0.2, 0) is 0 Å². The first-order chi connectivity index (χ1) is 8.52. The Bertz CT molecular complexity index is 206. The molecule has 0 aliphatic heterocycles. The smallest absolute Gasteiger partial charge is 0.0383 e. The van der Waals surface area contributed by atoms with Gasteiger partial charge in [0.2, 0.25) is 0 Å². The summed E-state index contributed by atoms with van der Waals surface area (Å²) in [6, 6.07) is 0. The Labute approximate surface area is 116 Å². The van der Waals surface area contributed by atoms with Crippen LogP contribution in [0.1, 0.15) is 86.0 Å². The molecule has 0 radical (unpaired) electrons. The van der Waals surface area contributed by atoms with Gasteiger partial charge in [-0.1, -0.05) is 73.1 Å². The zero-order valence-electron chi connectivity index (χ0n) is 13.5. The van der Waals surface area contributed by atoms with Crippen molar-refractivity contribution in [3.05, 3.63) is 0 Å². The van der Waals surface area contributed by atoms with Gasteiger partial charge in [-0.3, -0.25) is 0 Å². The molecule has 1 fully saturated rings. The Balaban J connectivity index is 2.43. The van der Waals surface area contributed by atoms with Gasteiger partial charge < -0.3 is 0 Å². The first-order valence-corrected chi connectivity index (χ1v) is 8.52. The van der Waals surface area contributed by atoms with E-state index >= 15 is 0 Å². The van der Waals surface area contributed by atoms with Crippen molar-refractivity contribution in [2.24, 2.45) is 29.6 Å². The maximum absolute atomic E-state index is 2.50. The van der Waals surface area contributed by atoms with E-state index in [1.807, 2.05) is 0 Å². The molecule has 0 N–H and O–H groups in total. The van der Waals surface area contributed by atoms with E-state index in [9.17, 15) is 0 Å². The molecule has 18 heavy (non-hydrogen) atoms. The predicted molar refractivity (Wildman–Crippen MR) is 82.8 cm³/mol. The van der Waals surface area contributed by atoms with Crippen LogP contribution in [0.5, 0.6) is 0 Å². The molecule has 0 amide bonds. The molecule has 0 nitrogen and oxygen atoms in total. The van der Waals surface area contributed by atoms with Gasteiger partial charge in [-0.15, -0.1) is 0 Å². The Morgan fingerprint density at radius 3 is 2.44 bits per heavy atom. The fourth-order valence-corrected chi connectivity index (χ4v) is 3.66. The van der Waals surface area contributed by atoms with Gasteiger partial charge in [-0.2, -0.15) is 0 Å². The normalized spacial score (nSPS) is 31.3. The molecule has 0 spiro atoms. The predicted octanol–water partition coefficient (Wildman–Crippen LogP) is 6.30. The van der Waals surface area contributed by atoms with Crippen molar-refractivity contribution in [2.45, 2.75) is 86.0 Å². The van der Waals surface area contributed by atoms with E-state index in [1.165, 1.54) is 51.4 Å². The molecular formula is C18H36. The van der Waals surface area contributed by atoms with E-state index in [0.717, 1.165) is 29.6 Å². The van der Waals surface area contributed by atoms with Crippen LogP contribution < -0.4 is 0 Å². The second-order valence-corrected chi connectivity index (χ2v) is 7.49. The molecule has 1 rings (SSSR count). The Morgan fingerprint density at radius 1 is 1.11 bits per heavy atom. The van der Waals surface area contributed by atoms with E-state index in [1.54, 1.807) is 0 Å². The number of hydrogen-bond acceptors (Lipinski definition) is 0. The summed E-state index contributed by atoms with van der Waals surface area (Å²) in [5.41, 5.74) is 0. The third kappa shape index (κ3) is 5.76. The monoisotopic (exact) mass is 252 g/mol. The summed E-state index contributed by atoms with van der Waals surface area (Å²) in [7, 11) is 0. The summed E-state index contributed by atoms with van der Waals surface area (Å²) < 4.78 is 0. The lowest BCUT2D eigenvalue weighted by molar-refractivity contribution is 0.248. The Hall–Kier alpha value is 0. The van der Waals surface area contributed by atoms with Gasteiger partial charge in [-0.05, 0) is 42.4 Å². The molecule has 0 heterocycles. The van der Waals surface area contributed by atoms with Crippen LogP contribution >= 0.6 is 0 Å². The van der Waals surface area contributed by atoms with Gasteiger partial charge in [0.25, 0.3) is 0 Å². The van der Waals surface area contributed by atoms with Gasteiger partial charge in [-0.25, -0.2) is 0 Å². The highest BCUT2D eigenvalue weighted by molar-refractivity contribution is 4.77. The molecule has 4 atom stereocenters.